The quantitative estimate of drug-likeness (QED) is 0.785. The molecule has 2 aliphatic heterocycles. The molecule has 156 valence electrons. The first-order valence-electron chi connectivity index (χ1n) is 10.4. The lowest BCUT2D eigenvalue weighted by Gasteiger charge is -2.46. The van der Waals surface area contributed by atoms with Crippen molar-refractivity contribution in [3.8, 4) is 5.75 Å². The monoisotopic (exact) mass is 399 g/mol. The number of carbonyl (C=O) groups is 1. The summed E-state index contributed by atoms with van der Waals surface area (Å²) < 4.78 is 16.7. The van der Waals surface area contributed by atoms with Gasteiger partial charge in [0.1, 0.15) is 5.75 Å². The van der Waals surface area contributed by atoms with Crippen LogP contribution in [0.15, 0.2) is 22.7 Å². The minimum absolute atomic E-state index is 0.0749. The Morgan fingerprint density at radius 1 is 1.31 bits per heavy atom. The Morgan fingerprint density at radius 2 is 2.10 bits per heavy atom. The first kappa shape index (κ1) is 19.9. The molecule has 1 amide bonds. The number of benzene rings is 1. The van der Waals surface area contributed by atoms with Crippen molar-refractivity contribution in [2.45, 2.75) is 51.6 Å². The standard InChI is InChI=1S/C22H29N3O4/c1-15-18(5-4-6-19(15)27-3)21(26)25-10-8-22(9-11-25)14-17(7-12-28-22)13-20-23-16(2)29-24-20/h4-6,17H,7-14H2,1-3H3. The number of likely N-dealkylation sites (tertiary alicyclic amines) is 1. The first-order valence-corrected chi connectivity index (χ1v) is 10.4. The van der Waals surface area contributed by atoms with Gasteiger partial charge in [0.15, 0.2) is 5.82 Å². The molecule has 4 rings (SSSR count). The first-order chi connectivity index (χ1) is 14.0. The average Bonchev–Trinajstić information content (AvgIpc) is 3.13. The molecule has 0 N–H and O–H groups in total. The van der Waals surface area contributed by atoms with Gasteiger partial charge in [-0.1, -0.05) is 11.2 Å². The van der Waals surface area contributed by atoms with Gasteiger partial charge in [-0.25, -0.2) is 0 Å². The van der Waals surface area contributed by atoms with Crippen LogP contribution in [0, 0.1) is 19.8 Å². The molecule has 29 heavy (non-hydrogen) atoms. The van der Waals surface area contributed by atoms with Gasteiger partial charge in [0.2, 0.25) is 5.89 Å². The summed E-state index contributed by atoms with van der Waals surface area (Å²) in [5, 5.41) is 4.04. The van der Waals surface area contributed by atoms with Crippen molar-refractivity contribution in [2.24, 2.45) is 5.92 Å². The molecule has 2 saturated heterocycles. The third kappa shape index (κ3) is 4.15. The fourth-order valence-corrected chi connectivity index (χ4v) is 4.69. The number of aryl methyl sites for hydroxylation is 1. The van der Waals surface area contributed by atoms with Crippen molar-refractivity contribution in [1.29, 1.82) is 0 Å². The zero-order valence-corrected chi connectivity index (χ0v) is 17.4. The summed E-state index contributed by atoms with van der Waals surface area (Å²) >= 11 is 0. The number of ether oxygens (including phenoxy) is 2. The number of amides is 1. The molecule has 1 aromatic heterocycles. The lowest BCUT2D eigenvalue weighted by atomic mass is 9.78. The Kier molecular flexibility index (Phi) is 5.58. The van der Waals surface area contributed by atoms with Crippen molar-refractivity contribution in [2.75, 3.05) is 26.8 Å². The predicted molar refractivity (Wildman–Crippen MR) is 107 cm³/mol. The molecule has 7 nitrogen and oxygen atoms in total. The van der Waals surface area contributed by atoms with Crippen molar-refractivity contribution >= 4 is 5.91 Å². The predicted octanol–water partition coefficient (Wildman–Crippen LogP) is 3.34. The van der Waals surface area contributed by atoms with Crippen molar-refractivity contribution in [3.05, 3.63) is 41.0 Å². The van der Waals surface area contributed by atoms with E-state index < -0.39 is 0 Å². The highest BCUT2D eigenvalue weighted by Gasteiger charge is 2.41. The van der Waals surface area contributed by atoms with Gasteiger partial charge in [-0.05, 0) is 50.7 Å². The second-order valence-corrected chi connectivity index (χ2v) is 8.25. The molecule has 2 fully saturated rings. The number of methoxy groups -OCH3 is 1. The summed E-state index contributed by atoms with van der Waals surface area (Å²) in [5.74, 6) is 2.71. The second kappa shape index (κ2) is 8.14. The normalized spacial score (nSPS) is 21.3. The SMILES string of the molecule is COc1cccc(C(=O)N2CCC3(CC2)CC(Cc2noc(C)n2)CCO3)c1C. The topological polar surface area (TPSA) is 77.7 Å². The summed E-state index contributed by atoms with van der Waals surface area (Å²) in [4.78, 5) is 19.4. The molecule has 0 bridgehead atoms. The largest absolute Gasteiger partial charge is 0.496 e. The van der Waals surface area contributed by atoms with Crippen LogP contribution in [0.1, 0.15) is 53.3 Å². The van der Waals surface area contributed by atoms with E-state index in [1.54, 1.807) is 7.11 Å². The van der Waals surface area contributed by atoms with Crippen molar-refractivity contribution in [1.82, 2.24) is 15.0 Å². The maximum absolute atomic E-state index is 13.1. The Labute approximate surface area is 171 Å². The highest BCUT2D eigenvalue weighted by Crippen LogP contribution is 2.39. The van der Waals surface area contributed by atoms with E-state index in [0.29, 0.717) is 24.9 Å². The Morgan fingerprint density at radius 3 is 2.79 bits per heavy atom. The average molecular weight is 399 g/mol. The number of hydrogen-bond donors (Lipinski definition) is 0. The zero-order chi connectivity index (χ0) is 20.4. The Balaban J connectivity index is 1.39. The highest BCUT2D eigenvalue weighted by molar-refractivity contribution is 5.96. The number of aromatic nitrogens is 2. The molecular weight excluding hydrogens is 370 g/mol. The smallest absolute Gasteiger partial charge is 0.254 e. The molecule has 3 heterocycles. The zero-order valence-electron chi connectivity index (χ0n) is 17.4. The maximum atomic E-state index is 13.1. The van der Waals surface area contributed by atoms with Crippen LogP contribution in [0.3, 0.4) is 0 Å². The van der Waals surface area contributed by atoms with E-state index in [4.69, 9.17) is 14.0 Å². The Bertz CT molecular complexity index is 871. The summed E-state index contributed by atoms with van der Waals surface area (Å²) in [6.45, 7) is 5.93. The van der Waals surface area contributed by atoms with Gasteiger partial charge in [-0.2, -0.15) is 4.98 Å². The molecule has 1 unspecified atom stereocenters. The van der Waals surface area contributed by atoms with Crippen LogP contribution in [0.4, 0.5) is 0 Å². The summed E-state index contributed by atoms with van der Waals surface area (Å²) in [5.41, 5.74) is 1.47. The molecule has 2 aliphatic rings. The van der Waals surface area contributed by atoms with Gasteiger partial charge in [-0.3, -0.25) is 4.79 Å². The van der Waals surface area contributed by atoms with Crippen LogP contribution in [-0.2, 0) is 11.2 Å². The Hall–Kier alpha value is -2.41. The summed E-state index contributed by atoms with van der Waals surface area (Å²) in [6, 6.07) is 5.64. The summed E-state index contributed by atoms with van der Waals surface area (Å²) in [7, 11) is 1.63. The van der Waals surface area contributed by atoms with Crippen LogP contribution < -0.4 is 4.74 Å². The van der Waals surface area contributed by atoms with Crippen LogP contribution >= 0.6 is 0 Å². The lowest BCUT2D eigenvalue weighted by Crippen LogP contribution is -2.51. The van der Waals surface area contributed by atoms with Gasteiger partial charge < -0.3 is 18.9 Å². The van der Waals surface area contributed by atoms with E-state index in [0.717, 1.165) is 61.4 Å². The number of piperidine rings is 1. The molecule has 0 aliphatic carbocycles. The molecular formula is C22H29N3O4. The molecule has 0 radical (unpaired) electrons. The van der Waals surface area contributed by atoms with Crippen LogP contribution in [-0.4, -0.2) is 53.4 Å². The highest BCUT2D eigenvalue weighted by atomic mass is 16.5. The van der Waals surface area contributed by atoms with E-state index >= 15 is 0 Å². The van der Waals surface area contributed by atoms with E-state index in [-0.39, 0.29) is 11.5 Å². The van der Waals surface area contributed by atoms with Gasteiger partial charge in [0.25, 0.3) is 5.91 Å². The number of rotatable bonds is 4. The minimum Gasteiger partial charge on any atom is -0.496 e. The van der Waals surface area contributed by atoms with Crippen molar-refractivity contribution in [3.63, 3.8) is 0 Å². The summed E-state index contributed by atoms with van der Waals surface area (Å²) in [6.07, 6.45) is 4.56. The van der Waals surface area contributed by atoms with Gasteiger partial charge in [0, 0.05) is 44.2 Å². The van der Waals surface area contributed by atoms with Crippen LogP contribution in [0.2, 0.25) is 0 Å². The molecule has 7 heteroatoms. The number of nitrogens with zero attached hydrogens (tertiary/aromatic N) is 3. The molecule has 2 aromatic rings. The lowest BCUT2D eigenvalue weighted by molar-refractivity contribution is -0.123. The molecule has 1 atom stereocenters. The fraction of sp³-hybridized carbons (Fsp3) is 0.591. The third-order valence-corrected chi connectivity index (χ3v) is 6.33. The van der Waals surface area contributed by atoms with E-state index in [1.165, 1.54) is 0 Å². The van der Waals surface area contributed by atoms with E-state index in [1.807, 2.05) is 36.9 Å². The van der Waals surface area contributed by atoms with Crippen LogP contribution in [0.25, 0.3) is 0 Å². The van der Waals surface area contributed by atoms with E-state index in [2.05, 4.69) is 10.1 Å². The number of hydrogen-bond acceptors (Lipinski definition) is 6. The van der Waals surface area contributed by atoms with Crippen LogP contribution in [0.5, 0.6) is 5.75 Å². The molecule has 1 spiro atoms. The van der Waals surface area contributed by atoms with Crippen molar-refractivity contribution < 1.29 is 18.8 Å². The molecule has 0 saturated carbocycles. The van der Waals surface area contributed by atoms with Gasteiger partial charge >= 0.3 is 0 Å². The fourth-order valence-electron chi connectivity index (χ4n) is 4.69. The maximum Gasteiger partial charge on any atom is 0.254 e. The van der Waals surface area contributed by atoms with E-state index in [9.17, 15) is 4.79 Å². The van der Waals surface area contributed by atoms with Gasteiger partial charge in [0.05, 0.1) is 12.7 Å². The van der Waals surface area contributed by atoms with Gasteiger partial charge in [-0.15, -0.1) is 0 Å². The number of carbonyl (C=O) groups excluding carboxylic acids is 1. The second-order valence-electron chi connectivity index (χ2n) is 8.25. The molecule has 1 aromatic carbocycles. The third-order valence-electron chi connectivity index (χ3n) is 6.33. The minimum atomic E-state index is -0.137.